The number of azide groups is 1. The minimum Gasteiger partial charge on any atom is -0.537 e. The Morgan fingerprint density at radius 1 is 0.500 bits per heavy atom. The summed E-state index contributed by atoms with van der Waals surface area (Å²) < 4.78 is 103. The van der Waals surface area contributed by atoms with Gasteiger partial charge in [-0.15, -0.1) is 15.3 Å². The van der Waals surface area contributed by atoms with Gasteiger partial charge < -0.3 is 32.8 Å². The molecule has 16 aliphatic carbocycles. The third kappa shape index (κ3) is 14.5. The fourth-order valence-corrected chi connectivity index (χ4v) is 34.2. The van der Waals surface area contributed by atoms with Crippen LogP contribution in [0.1, 0.15) is 298 Å². The first-order chi connectivity index (χ1) is 59.5. The summed E-state index contributed by atoms with van der Waals surface area (Å²) in [4.78, 5) is 19.6. The second-order valence-corrected chi connectivity index (χ2v) is 45.9. The van der Waals surface area contributed by atoms with Gasteiger partial charge in [-0.1, -0.05) is 82.2 Å². The van der Waals surface area contributed by atoms with Crippen LogP contribution < -0.4 is 4.65 Å². The fraction of sp³-hybridized carbons (Fsp3) is 0.812. The number of carbonyl (C=O) groups excluding carboxylic acids is 1. The average molecular weight is 1730 g/mol. The molecule has 17 fully saturated rings. The maximum atomic E-state index is 12.9. The van der Waals surface area contributed by atoms with Crippen molar-refractivity contribution >= 4 is 34.4 Å². The van der Waals surface area contributed by atoms with Crippen molar-refractivity contribution in [3.05, 3.63) is 96.1 Å². The normalized spacial score (nSPS) is 43.9. The highest BCUT2D eigenvalue weighted by Crippen LogP contribution is 2.74. The van der Waals surface area contributed by atoms with E-state index in [-0.39, 0.29) is 51.0 Å². The van der Waals surface area contributed by atoms with Gasteiger partial charge in [0.25, 0.3) is 0 Å². The lowest BCUT2D eigenvalue weighted by atomic mass is 9.45. The predicted octanol–water partition coefficient (Wildman–Crippen LogP) is 20.8. The van der Waals surface area contributed by atoms with Gasteiger partial charge >= 0.3 is 23.3 Å². The van der Waals surface area contributed by atoms with Crippen LogP contribution in [0.5, 0.6) is 5.75 Å². The number of allylic oxidation sites excluding steroid dienone is 2. The van der Waals surface area contributed by atoms with E-state index in [1.807, 2.05) is 54.6 Å². The quantitative estimate of drug-likeness (QED) is 0.0377. The van der Waals surface area contributed by atoms with E-state index in [2.05, 4.69) is 110 Å². The lowest BCUT2D eigenvalue weighted by Crippen LogP contribution is -2.57. The van der Waals surface area contributed by atoms with Gasteiger partial charge in [-0.25, -0.2) is 14.0 Å². The first-order valence-electron chi connectivity index (χ1n) is 48.3. The standard InChI is InChI=1S/C23H35N3O2.C22H30F3N3O3S.C21H33N3O2.C21H31N3O.C9H7BNO2/c1-21-8-5-17(26-12-11-24-25-26)15-16(21)3-4-18-19(21)6-9-22(2)20(18)7-10-23(22)27-13-14-28-23;1-20-9-7-15(28-12-11-26-27-28)13-14(20)3-4-16-17-5-6-19(21(17,2)10-8-18(16)20)31-32(29,30)22(23,24)25;1-19-8-5-15(23-24-22)13-14(19)3-4-16-17(19)6-9-20(2)18(16)7-10-21(20)25-11-12-26-21;1-20-9-7-15(24-12-11-22-23-24)13-14(20)3-4-16-17-5-6-19(25)21(17,2)10-8-18(16)20;12-10-13-9-2-1-7-3-4-11-6-8(7)5-9/h11-12,16-20H,3-10,13-15H2,1-2H3;6,11-12,14-18H,3-5,7-10,13H2,1-2H3;14-18H,3-13H2,1-2H3;11-12,14-18H,3-10,13H2,1-2H3;1-6,12H/t16?,17-,18+,19?,20-,21-,22-;14?,15-,16-,17-,18?,20-,21-;14?,15-,16+,17?,18-,19-,20-;14?,15-,16-,17-,18?,20-,21-;/m0000./s1. The number of benzene rings is 1. The number of hydrogen-bond acceptors (Lipinski definition) is 18. The number of fused-ring (bicyclic) bond motifs is 23. The zero-order valence-corrected chi connectivity index (χ0v) is 75.5. The summed E-state index contributed by atoms with van der Waals surface area (Å²) in [6.45, 7) is 22.5. The van der Waals surface area contributed by atoms with Crippen molar-refractivity contribution in [2.75, 3.05) is 26.4 Å². The van der Waals surface area contributed by atoms with Crippen LogP contribution in [0.2, 0.25) is 0 Å². The molecule has 675 valence electrons. The molecule has 2 saturated heterocycles. The molecular weight excluding hydrogens is 1600 g/mol. The molecule has 4 aromatic heterocycles. The SMILES string of the molecule is C[C@]12CC[C@H](N=[N+]=[N-])CC1CC[C@@H]1C2CC[C@@]2(C)[C@H]1CCC21OCCO1.C[C@]12CC[C@H](n3ccnn3)CC1CC[C@@H]1C2CC[C@@]2(C)[C@H]1CCC21OCCO1.C[C@]12CC[C@H](n3ccnn3)CC1CC[C@@H]1C2CC[C@]2(C)C(=O)CC[C@@H]12.C[C@]12CC[C@H](n3ccnn3)CC1CC[C@@H]1C2CC[C@]2(C)C(OS(=O)(=O)C(F)(F)F)=CC[C@@H]12.O[B]Oc1ccc2ccncc2c1. The van der Waals surface area contributed by atoms with E-state index in [0.717, 1.165) is 179 Å². The van der Waals surface area contributed by atoms with Gasteiger partial charge in [0.15, 0.2) is 11.6 Å². The van der Waals surface area contributed by atoms with Crippen LogP contribution in [0.15, 0.2) is 90.8 Å². The smallest absolute Gasteiger partial charge is 0.537 e. The molecule has 1 aromatic carbocycles. The number of hydrogen-bond donors (Lipinski definition) is 1. The average Bonchev–Trinajstić information content (AvgIpc) is 1.51. The Hall–Kier alpha value is -6.03. The molecule has 8 unspecified atom stereocenters. The van der Waals surface area contributed by atoms with Crippen molar-refractivity contribution in [1.82, 2.24) is 50.0 Å². The largest absolute Gasteiger partial charge is 0.569 e. The molecule has 1 radical (unpaired) electrons. The number of pyridine rings is 1. The zero-order valence-electron chi connectivity index (χ0n) is 74.7. The first kappa shape index (κ1) is 87.3. The summed E-state index contributed by atoms with van der Waals surface area (Å²) in [6.07, 6.45) is 57.8. The maximum Gasteiger partial charge on any atom is 0.569 e. The van der Waals surface area contributed by atoms with E-state index >= 15 is 0 Å². The highest BCUT2D eigenvalue weighted by molar-refractivity contribution is 7.87. The predicted molar refractivity (Wildman–Crippen MR) is 461 cm³/mol. The van der Waals surface area contributed by atoms with Crippen molar-refractivity contribution in [3.63, 3.8) is 0 Å². The van der Waals surface area contributed by atoms with Crippen molar-refractivity contribution in [1.29, 1.82) is 0 Å². The summed E-state index contributed by atoms with van der Waals surface area (Å²) in [6, 6.07) is 9.14. The van der Waals surface area contributed by atoms with Crippen LogP contribution in [0.3, 0.4) is 0 Å². The number of ketones is 1. The van der Waals surface area contributed by atoms with Gasteiger partial charge in [-0.3, -0.25) is 9.78 Å². The molecule has 18 aliphatic rings. The molecule has 23 nitrogen and oxygen atoms in total. The van der Waals surface area contributed by atoms with Crippen molar-refractivity contribution < 1.29 is 59.2 Å². The van der Waals surface area contributed by atoms with E-state index in [4.69, 9.17) is 38.3 Å². The Morgan fingerprint density at radius 3 is 1.39 bits per heavy atom. The van der Waals surface area contributed by atoms with E-state index in [9.17, 15) is 26.4 Å². The molecule has 124 heavy (non-hydrogen) atoms. The summed E-state index contributed by atoms with van der Waals surface area (Å²) in [5.41, 5.74) is 4.85. The Morgan fingerprint density at radius 2 is 0.935 bits per heavy atom. The third-order valence-electron chi connectivity index (χ3n) is 40.3. The van der Waals surface area contributed by atoms with Gasteiger partial charge in [0, 0.05) is 88.2 Å². The molecule has 2 spiro atoms. The van der Waals surface area contributed by atoms with Gasteiger partial charge in [-0.05, 0) is 357 Å². The second-order valence-electron chi connectivity index (χ2n) is 44.4. The van der Waals surface area contributed by atoms with Crippen molar-refractivity contribution in [3.8, 4) is 5.75 Å². The molecule has 6 heterocycles. The van der Waals surface area contributed by atoms with Crippen LogP contribution in [0, 0.1) is 138 Å². The monoisotopic (exact) mass is 1730 g/mol. The molecular formula is C96H136BF3N13O10S. The van der Waals surface area contributed by atoms with E-state index < -0.39 is 21.0 Å². The Kier molecular flexibility index (Phi) is 23.3. The molecule has 28 atom stereocenters. The number of nitrogens with zero attached hydrogens (tertiary/aromatic N) is 13. The molecule has 1 N–H and O–H groups in total. The topological polar surface area (TPSA) is 281 Å². The van der Waals surface area contributed by atoms with Crippen molar-refractivity contribution in [2.45, 2.75) is 321 Å². The minimum absolute atomic E-state index is 0.000409. The highest BCUT2D eigenvalue weighted by Gasteiger charge is 2.71. The zero-order chi connectivity index (χ0) is 86.2. The number of alkyl halides is 3. The van der Waals surface area contributed by atoms with Crippen LogP contribution in [0.25, 0.3) is 21.2 Å². The van der Waals surface area contributed by atoms with E-state index in [1.165, 1.54) is 135 Å². The molecule has 15 saturated carbocycles. The number of carbonyl (C=O) groups is 1. The highest BCUT2D eigenvalue weighted by atomic mass is 32.2. The fourth-order valence-electron chi connectivity index (χ4n) is 33.6. The molecule has 2 aliphatic heterocycles. The number of Topliss-reactive ketones (excluding diaryl/α,β-unsaturated/α-hetero) is 1. The second kappa shape index (κ2) is 33.1. The maximum absolute atomic E-state index is 12.9. The molecule has 23 rings (SSSR count). The minimum atomic E-state index is -5.64. The van der Waals surface area contributed by atoms with Crippen LogP contribution >= 0.6 is 0 Å². The van der Waals surface area contributed by atoms with Crippen molar-refractivity contribution in [2.24, 2.45) is 143 Å². The van der Waals surface area contributed by atoms with Crippen LogP contribution in [0.4, 0.5) is 13.2 Å². The Bertz CT molecular complexity index is 4820. The Labute approximate surface area is 732 Å². The first-order valence-corrected chi connectivity index (χ1v) is 49.8. The lowest BCUT2D eigenvalue weighted by molar-refractivity contribution is -0.247. The number of rotatable bonds is 8. The molecule has 28 heteroatoms. The summed E-state index contributed by atoms with van der Waals surface area (Å²) in [5, 5.41) is 39.4. The number of aromatic nitrogens is 10. The van der Waals surface area contributed by atoms with Gasteiger partial charge in [-0.2, -0.15) is 21.6 Å². The third-order valence-corrected chi connectivity index (χ3v) is 41.3. The van der Waals surface area contributed by atoms with Gasteiger partial charge in [0.2, 0.25) is 0 Å². The van der Waals surface area contributed by atoms with Crippen LogP contribution in [-0.2, 0) is 38.0 Å². The molecule has 5 aromatic rings. The number of halogens is 3. The summed E-state index contributed by atoms with van der Waals surface area (Å²) >= 11 is 0. The van der Waals surface area contributed by atoms with Gasteiger partial charge in [0.05, 0.1) is 63.1 Å². The van der Waals surface area contributed by atoms with Gasteiger partial charge in [0.1, 0.15) is 17.3 Å². The molecule has 0 bridgehead atoms. The van der Waals surface area contributed by atoms with E-state index in [1.54, 1.807) is 30.7 Å². The number of ether oxygens (including phenoxy) is 4. The Balaban J connectivity index is 0.000000104. The van der Waals surface area contributed by atoms with Crippen LogP contribution in [-0.4, -0.2) is 126 Å². The lowest BCUT2D eigenvalue weighted by Gasteiger charge is -2.61. The molecule has 0 amide bonds. The van der Waals surface area contributed by atoms with E-state index in [0.29, 0.717) is 90.1 Å². The summed E-state index contributed by atoms with van der Waals surface area (Å²) in [5.74, 6) is 11.9. The summed E-state index contributed by atoms with van der Waals surface area (Å²) in [7, 11) is -4.98.